The minimum atomic E-state index is -0.994. The number of rotatable bonds is 8. The van der Waals surface area contributed by atoms with Crippen molar-refractivity contribution in [3.8, 4) is 0 Å². The van der Waals surface area contributed by atoms with E-state index in [1.54, 1.807) is 19.2 Å². The van der Waals surface area contributed by atoms with Gasteiger partial charge in [-0.15, -0.1) is 0 Å². The number of imide groups is 1. The van der Waals surface area contributed by atoms with Gasteiger partial charge in [0.1, 0.15) is 17.9 Å². The number of carbonyl (C=O) groups excluding carboxylic acids is 4. The molecular formula is C22H28N4O5. The van der Waals surface area contributed by atoms with Crippen LogP contribution in [0, 0.1) is 0 Å². The Morgan fingerprint density at radius 1 is 1.19 bits per heavy atom. The van der Waals surface area contributed by atoms with Gasteiger partial charge < -0.3 is 19.7 Å². The van der Waals surface area contributed by atoms with Gasteiger partial charge in [0.2, 0.25) is 5.91 Å². The Morgan fingerprint density at radius 2 is 1.77 bits per heavy atom. The van der Waals surface area contributed by atoms with Gasteiger partial charge in [-0.3, -0.25) is 24.2 Å². The number of carbonyl (C=O) groups is 4. The summed E-state index contributed by atoms with van der Waals surface area (Å²) in [5.41, 5.74) is 2.52. The van der Waals surface area contributed by atoms with E-state index in [1.165, 1.54) is 7.05 Å². The molecular weight excluding hydrogens is 400 g/mol. The maximum absolute atomic E-state index is 13.1. The first-order chi connectivity index (χ1) is 14.8. The Hall–Kier alpha value is -2.62. The lowest BCUT2D eigenvalue weighted by Gasteiger charge is -2.49. The molecule has 166 valence electrons. The molecule has 0 aromatic heterocycles. The lowest BCUT2D eigenvalue weighted by Crippen LogP contribution is -2.65. The van der Waals surface area contributed by atoms with Crippen molar-refractivity contribution >= 4 is 24.0 Å². The minimum Gasteiger partial charge on any atom is -0.374 e. The number of benzene rings is 1. The quantitative estimate of drug-likeness (QED) is 0.460. The topological polar surface area (TPSA) is 99.3 Å². The summed E-state index contributed by atoms with van der Waals surface area (Å²) in [6.45, 7) is 3.90. The van der Waals surface area contributed by atoms with Gasteiger partial charge in [-0.2, -0.15) is 0 Å². The molecule has 1 atom stereocenters. The minimum absolute atomic E-state index is 0.0907. The molecule has 1 saturated heterocycles. The molecule has 3 heterocycles. The maximum atomic E-state index is 13.1. The van der Waals surface area contributed by atoms with Crippen LogP contribution in [0.1, 0.15) is 44.7 Å². The molecule has 9 nitrogen and oxygen atoms in total. The van der Waals surface area contributed by atoms with Crippen molar-refractivity contribution in [2.45, 2.75) is 37.6 Å². The van der Waals surface area contributed by atoms with Crippen LogP contribution >= 0.6 is 0 Å². The molecule has 3 amide bonds. The third kappa shape index (κ3) is 3.66. The van der Waals surface area contributed by atoms with Crippen molar-refractivity contribution in [2.24, 2.45) is 0 Å². The molecule has 0 saturated carbocycles. The number of likely N-dealkylation sites (tertiary alicyclic amines) is 1. The van der Waals surface area contributed by atoms with E-state index in [0.29, 0.717) is 30.5 Å². The normalized spacial score (nSPS) is 20.9. The lowest BCUT2D eigenvalue weighted by molar-refractivity contribution is -0.129. The Kier molecular flexibility index (Phi) is 5.67. The van der Waals surface area contributed by atoms with E-state index in [2.05, 4.69) is 22.2 Å². The summed E-state index contributed by atoms with van der Waals surface area (Å²) < 4.78 is 5.76. The van der Waals surface area contributed by atoms with Gasteiger partial charge in [-0.05, 0) is 36.7 Å². The molecule has 1 aromatic carbocycles. The van der Waals surface area contributed by atoms with Crippen molar-refractivity contribution < 1.29 is 23.9 Å². The van der Waals surface area contributed by atoms with Crippen molar-refractivity contribution in [3.63, 3.8) is 0 Å². The van der Waals surface area contributed by atoms with Crippen LogP contribution in [-0.4, -0.2) is 91.2 Å². The maximum Gasteiger partial charge on any atom is 0.262 e. The molecule has 1 aromatic rings. The zero-order valence-electron chi connectivity index (χ0n) is 18.1. The van der Waals surface area contributed by atoms with Crippen LogP contribution in [0.15, 0.2) is 12.1 Å². The average Bonchev–Trinajstić information content (AvgIpc) is 3.23. The SMILES string of the molecule is CNC(=O)C(CCC=O)N1C(=O)c2cc3c(cc2C1=O)CN(CC1(OC)CN(C)C1)C3. The summed E-state index contributed by atoms with van der Waals surface area (Å²) in [6.07, 6.45) is 0.882. The van der Waals surface area contributed by atoms with Crippen LogP contribution in [-0.2, 0) is 27.4 Å². The molecule has 1 fully saturated rings. The monoisotopic (exact) mass is 428 g/mol. The van der Waals surface area contributed by atoms with Crippen molar-refractivity contribution in [3.05, 3.63) is 34.4 Å². The number of hydrogen-bond acceptors (Lipinski definition) is 7. The zero-order valence-corrected chi connectivity index (χ0v) is 18.1. The third-order valence-corrected chi connectivity index (χ3v) is 6.51. The summed E-state index contributed by atoms with van der Waals surface area (Å²) in [5.74, 6) is -1.41. The Balaban J connectivity index is 1.54. The van der Waals surface area contributed by atoms with Gasteiger partial charge in [-0.1, -0.05) is 0 Å². The van der Waals surface area contributed by atoms with Crippen LogP contribution in [0.3, 0.4) is 0 Å². The van der Waals surface area contributed by atoms with Gasteiger partial charge in [0.25, 0.3) is 11.8 Å². The largest absolute Gasteiger partial charge is 0.374 e. The Labute approximate surface area is 181 Å². The number of nitrogens with zero attached hydrogens (tertiary/aromatic N) is 3. The highest BCUT2D eigenvalue weighted by Crippen LogP contribution is 2.34. The fourth-order valence-electron chi connectivity index (χ4n) is 5.03. The van der Waals surface area contributed by atoms with E-state index in [1.807, 2.05) is 0 Å². The first-order valence-corrected chi connectivity index (χ1v) is 10.5. The van der Waals surface area contributed by atoms with E-state index in [9.17, 15) is 19.2 Å². The molecule has 0 spiro atoms. The predicted octanol–water partition coefficient (Wildman–Crippen LogP) is 0.0225. The van der Waals surface area contributed by atoms with Gasteiger partial charge in [-0.25, -0.2) is 0 Å². The summed E-state index contributed by atoms with van der Waals surface area (Å²) in [5, 5.41) is 2.49. The standard InChI is InChI=1S/C22H28N4O5/c1-23-19(28)18(5-4-6-27)26-20(29)16-7-14-9-25(10-15(14)8-17(16)21(26)30)13-22(31-3)11-24(2)12-22/h6-8,18H,4-5,9-13H2,1-3H3,(H,23,28). The number of aldehydes is 1. The highest BCUT2D eigenvalue weighted by atomic mass is 16.5. The Morgan fingerprint density at radius 3 is 2.23 bits per heavy atom. The first-order valence-electron chi connectivity index (χ1n) is 10.5. The van der Waals surface area contributed by atoms with E-state index in [4.69, 9.17) is 4.74 Å². The highest BCUT2D eigenvalue weighted by Gasteiger charge is 2.45. The number of hydrogen-bond donors (Lipinski definition) is 1. The molecule has 1 unspecified atom stereocenters. The Bertz CT molecular complexity index is 895. The summed E-state index contributed by atoms with van der Waals surface area (Å²) in [7, 11) is 5.25. The number of amides is 3. The summed E-state index contributed by atoms with van der Waals surface area (Å²) in [6, 6.07) is 2.58. The number of nitrogens with one attached hydrogen (secondary N) is 1. The molecule has 3 aliphatic rings. The third-order valence-electron chi connectivity index (χ3n) is 6.51. The fourth-order valence-corrected chi connectivity index (χ4v) is 5.03. The molecule has 1 N–H and O–H groups in total. The van der Waals surface area contributed by atoms with Gasteiger partial charge in [0, 0.05) is 53.3 Å². The second-order valence-electron chi connectivity index (χ2n) is 8.73. The number of fused-ring (bicyclic) bond motifs is 2. The van der Waals surface area contributed by atoms with Gasteiger partial charge in [0.05, 0.1) is 11.1 Å². The predicted molar refractivity (Wildman–Crippen MR) is 111 cm³/mol. The molecule has 0 bridgehead atoms. The molecule has 0 radical (unpaired) electrons. The van der Waals surface area contributed by atoms with E-state index >= 15 is 0 Å². The van der Waals surface area contributed by atoms with E-state index < -0.39 is 23.8 Å². The highest BCUT2D eigenvalue weighted by molar-refractivity contribution is 6.23. The van der Waals surface area contributed by atoms with Crippen LogP contribution < -0.4 is 5.32 Å². The molecule has 0 aliphatic carbocycles. The fraction of sp³-hybridized carbons (Fsp3) is 0.545. The first kappa shape index (κ1) is 21.6. The molecule has 3 aliphatic heterocycles. The van der Waals surface area contributed by atoms with Crippen molar-refractivity contribution in [1.82, 2.24) is 20.0 Å². The van der Waals surface area contributed by atoms with Crippen molar-refractivity contribution in [2.75, 3.05) is 40.8 Å². The van der Waals surface area contributed by atoms with E-state index in [-0.39, 0.29) is 18.4 Å². The van der Waals surface area contributed by atoms with Gasteiger partial charge in [0.15, 0.2) is 0 Å². The molecule has 31 heavy (non-hydrogen) atoms. The van der Waals surface area contributed by atoms with Crippen LogP contribution in [0.2, 0.25) is 0 Å². The lowest BCUT2D eigenvalue weighted by atomic mass is 9.94. The zero-order chi connectivity index (χ0) is 22.3. The van der Waals surface area contributed by atoms with Crippen LogP contribution in [0.4, 0.5) is 0 Å². The smallest absolute Gasteiger partial charge is 0.262 e. The second kappa shape index (κ2) is 8.14. The number of likely N-dealkylation sites (N-methyl/N-ethyl adjacent to an activating group) is 2. The number of ether oxygens (including phenoxy) is 1. The average molecular weight is 428 g/mol. The second-order valence-corrected chi connectivity index (χ2v) is 8.73. The van der Waals surface area contributed by atoms with Crippen LogP contribution in [0.5, 0.6) is 0 Å². The van der Waals surface area contributed by atoms with Gasteiger partial charge >= 0.3 is 0 Å². The summed E-state index contributed by atoms with van der Waals surface area (Å²) in [4.78, 5) is 54.8. The summed E-state index contributed by atoms with van der Waals surface area (Å²) >= 11 is 0. The van der Waals surface area contributed by atoms with Crippen molar-refractivity contribution in [1.29, 1.82) is 0 Å². The van der Waals surface area contributed by atoms with E-state index in [0.717, 1.165) is 35.7 Å². The van der Waals surface area contributed by atoms with Crippen LogP contribution in [0.25, 0.3) is 0 Å². The molecule has 4 rings (SSSR count). The molecule has 9 heteroatoms. The number of methoxy groups -OCH3 is 1.